The van der Waals surface area contributed by atoms with Crippen LogP contribution in [-0.2, 0) is 13.2 Å². The van der Waals surface area contributed by atoms with E-state index in [2.05, 4.69) is 15.1 Å². The van der Waals surface area contributed by atoms with Crippen LogP contribution in [0, 0.1) is 10.1 Å². The number of hydrogen-bond acceptors (Lipinski definition) is 8. The van der Waals surface area contributed by atoms with Crippen LogP contribution in [0.1, 0.15) is 18.7 Å². The lowest BCUT2D eigenvalue weighted by Gasteiger charge is -2.20. The predicted molar refractivity (Wildman–Crippen MR) is 105 cm³/mol. The molecule has 5 rings (SSSR count). The molecule has 0 N–H and O–H groups in total. The number of nitro groups is 1. The van der Waals surface area contributed by atoms with E-state index in [0.717, 1.165) is 18.4 Å². The third-order valence-corrected chi connectivity index (χ3v) is 5.07. The number of hydrogen-bond donors (Lipinski definition) is 0. The van der Waals surface area contributed by atoms with Gasteiger partial charge in [-0.25, -0.2) is 4.79 Å². The van der Waals surface area contributed by atoms with Crippen molar-refractivity contribution >= 4 is 16.8 Å². The summed E-state index contributed by atoms with van der Waals surface area (Å²) >= 11 is 0. The number of benzene rings is 2. The lowest BCUT2D eigenvalue weighted by atomic mass is 10.2. The van der Waals surface area contributed by atoms with Gasteiger partial charge in [-0.1, -0.05) is 18.2 Å². The van der Waals surface area contributed by atoms with Gasteiger partial charge in [-0.15, -0.1) is 10.2 Å². The number of aromatic nitrogens is 3. The maximum absolute atomic E-state index is 12.3. The summed E-state index contributed by atoms with van der Waals surface area (Å²) in [7, 11) is 0. The molecular formula is C20H17N5O5. The Labute approximate surface area is 169 Å². The van der Waals surface area contributed by atoms with E-state index in [1.165, 1.54) is 12.1 Å². The number of nitro benzene ring substituents is 1. The number of non-ortho nitro benzene ring substituents is 1. The van der Waals surface area contributed by atoms with Gasteiger partial charge in [0, 0.05) is 23.7 Å². The van der Waals surface area contributed by atoms with E-state index < -0.39 is 10.7 Å². The first kappa shape index (κ1) is 18.3. The fourth-order valence-electron chi connectivity index (χ4n) is 3.42. The molecule has 1 saturated carbocycles. The van der Waals surface area contributed by atoms with E-state index in [1.54, 1.807) is 22.8 Å². The number of fused-ring (bicyclic) bond motifs is 1. The van der Waals surface area contributed by atoms with Gasteiger partial charge in [-0.05, 0) is 31.0 Å². The highest BCUT2D eigenvalue weighted by molar-refractivity contribution is 5.72. The second kappa shape index (κ2) is 7.23. The van der Waals surface area contributed by atoms with Gasteiger partial charge < -0.3 is 8.83 Å². The summed E-state index contributed by atoms with van der Waals surface area (Å²) in [5, 5.41) is 19.1. The molecule has 0 aliphatic heterocycles. The molecular weight excluding hydrogens is 390 g/mol. The highest BCUT2D eigenvalue weighted by atomic mass is 16.6. The van der Waals surface area contributed by atoms with Crippen molar-refractivity contribution in [2.45, 2.75) is 32.1 Å². The van der Waals surface area contributed by atoms with Crippen LogP contribution in [-0.4, -0.2) is 30.6 Å². The minimum atomic E-state index is -0.470. The molecule has 0 amide bonds. The van der Waals surface area contributed by atoms with Crippen molar-refractivity contribution < 1.29 is 13.8 Å². The van der Waals surface area contributed by atoms with E-state index in [1.807, 2.05) is 18.2 Å². The SMILES string of the molecule is O=c1oc2ccccc2n1CN(Cc1nnc(-c2cccc([N+](=O)[O-])c2)o1)C1CC1. The topological polar surface area (TPSA) is 120 Å². The Hall–Kier alpha value is -3.79. The fourth-order valence-corrected chi connectivity index (χ4v) is 3.42. The third-order valence-electron chi connectivity index (χ3n) is 5.07. The summed E-state index contributed by atoms with van der Waals surface area (Å²) < 4.78 is 12.7. The second-order valence-corrected chi connectivity index (χ2v) is 7.19. The average Bonchev–Trinajstić information content (AvgIpc) is 3.41. The van der Waals surface area contributed by atoms with Crippen LogP contribution in [0.25, 0.3) is 22.6 Å². The van der Waals surface area contributed by atoms with Crippen LogP contribution in [0.5, 0.6) is 0 Å². The fraction of sp³-hybridized carbons (Fsp3) is 0.250. The van der Waals surface area contributed by atoms with Crippen LogP contribution in [0.15, 0.2) is 62.2 Å². The molecule has 0 saturated heterocycles. The first-order valence-electron chi connectivity index (χ1n) is 9.48. The van der Waals surface area contributed by atoms with Crippen molar-refractivity contribution in [3.05, 3.63) is 75.1 Å². The monoisotopic (exact) mass is 407 g/mol. The molecule has 0 atom stereocenters. The molecule has 2 heterocycles. The standard InChI is InChI=1S/C20H17N5O5/c26-20-24(16-6-1-2-7-17(16)29-20)12-23(14-8-9-14)11-18-21-22-19(30-18)13-4-3-5-15(10-13)25(27)28/h1-7,10,14H,8-9,11-12H2. The minimum Gasteiger partial charge on any atom is -0.419 e. The molecule has 0 radical (unpaired) electrons. The molecule has 4 aromatic rings. The third kappa shape index (κ3) is 3.48. The van der Waals surface area contributed by atoms with Crippen LogP contribution < -0.4 is 5.76 Å². The van der Waals surface area contributed by atoms with Gasteiger partial charge in [0.1, 0.15) is 0 Å². The van der Waals surface area contributed by atoms with Crippen LogP contribution in [0.3, 0.4) is 0 Å². The highest BCUT2D eigenvalue weighted by Crippen LogP contribution is 2.30. The zero-order valence-electron chi connectivity index (χ0n) is 15.8. The number of oxazole rings is 1. The van der Waals surface area contributed by atoms with Crippen LogP contribution in [0.4, 0.5) is 5.69 Å². The summed E-state index contributed by atoms with van der Waals surface area (Å²) in [6, 6.07) is 13.7. The van der Waals surface area contributed by atoms with E-state index in [4.69, 9.17) is 8.83 Å². The average molecular weight is 407 g/mol. The molecule has 0 spiro atoms. The Balaban J connectivity index is 1.39. The number of para-hydroxylation sites is 2. The van der Waals surface area contributed by atoms with E-state index in [-0.39, 0.29) is 11.6 Å². The Bertz CT molecular complexity index is 1290. The van der Waals surface area contributed by atoms with Crippen LogP contribution >= 0.6 is 0 Å². The Morgan fingerprint density at radius 1 is 1.13 bits per heavy atom. The Morgan fingerprint density at radius 2 is 1.97 bits per heavy atom. The summed E-state index contributed by atoms with van der Waals surface area (Å²) in [6.45, 7) is 0.702. The molecule has 1 aliphatic rings. The van der Waals surface area contributed by atoms with E-state index in [0.29, 0.717) is 36.3 Å². The molecule has 0 unspecified atom stereocenters. The smallest absolute Gasteiger partial charge is 0.419 e. The van der Waals surface area contributed by atoms with Gasteiger partial charge in [0.25, 0.3) is 5.69 Å². The first-order valence-corrected chi connectivity index (χ1v) is 9.48. The maximum atomic E-state index is 12.3. The van der Waals surface area contributed by atoms with E-state index >= 15 is 0 Å². The highest BCUT2D eigenvalue weighted by Gasteiger charge is 2.31. The van der Waals surface area contributed by atoms with Crippen LogP contribution in [0.2, 0.25) is 0 Å². The molecule has 0 bridgehead atoms. The molecule has 10 nitrogen and oxygen atoms in total. The molecule has 10 heteroatoms. The van der Waals surface area contributed by atoms with Crippen molar-refractivity contribution in [1.29, 1.82) is 0 Å². The summed E-state index contributed by atoms with van der Waals surface area (Å²) in [5.74, 6) is 0.185. The molecule has 2 aromatic carbocycles. The van der Waals surface area contributed by atoms with Gasteiger partial charge >= 0.3 is 5.76 Å². The second-order valence-electron chi connectivity index (χ2n) is 7.19. The van der Waals surface area contributed by atoms with Gasteiger partial charge in [0.15, 0.2) is 5.58 Å². The molecule has 152 valence electrons. The molecule has 1 fully saturated rings. The molecule has 30 heavy (non-hydrogen) atoms. The lowest BCUT2D eigenvalue weighted by molar-refractivity contribution is -0.384. The van der Waals surface area contributed by atoms with Crippen molar-refractivity contribution in [2.24, 2.45) is 0 Å². The first-order chi connectivity index (χ1) is 14.6. The Morgan fingerprint density at radius 3 is 2.77 bits per heavy atom. The number of rotatable bonds is 7. The maximum Gasteiger partial charge on any atom is 0.421 e. The lowest BCUT2D eigenvalue weighted by Crippen LogP contribution is -2.32. The van der Waals surface area contributed by atoms with Gasteiger partial charge in [-0.3, -0.25) is 19.6 Å². The van der Waals surface area contributed by atoms with E-state index in [9.17, 15) is 14.9 Å². The summed E-state index contributed by atoms with van der Waals surface area (Å²) in [6.07, 6.45) is 2.05. The number of nitrogens with zero attached hydrogens (tertiary/aromatic N) is 5. The van der Waals surface area contributed by atoms with Gasteiger partial charge in [0.2, 0.25) is 11.8 Å². The van der Waals surface area contributed by atoms with Crippen molar-refractivity contribution in [3.63, 3.8) is 0 Å². The summed E-state index contributed by atoms with van der Waals surface area (Å²) in [5.41, 5.74) is 1.72. The molecule has 1 aliphatic carbocycles. The van der Waals surface area contributed by atoms with Crippen molar-refractivity contribution in [2.75, 3.05) is 0 Å². The zero-order chi connectivity index (χ0) is 20.7. The Kier molecular flexibility index (Phi) is 4.40. The predicted octanol–water partition coefficient (Wildman–Crippen LogP) is 3.17. The van der Waals surface area contributed by atoms with Gasteiger partial charge in [-0.2, -0.15) is 0 Å². The quantitative estimate of drug-likeness (QED) is 0.338. The normalized spacial score (nSPS) is 13.9. The van der Waals surface area contributed by atoms with Crippen molar-refractivity contribution in [3.8, 4) is 11.5 Å². The largest absolute Gasteiger partial charge is 0.421 e. The summed E-state index contributed by atoms with van der Waals surface area (Å²) in [4.78, 5) is 24.9. The molecule has 2 aromatic heterocycles. The van der Waals surface area contributed by atoms with Gasteiger partial charge in [0.05, 0.1) is 23.7 Å². The zero-order valence-corrected chi connectivity index (χ0v) is 15.8. The van der Waals surface area contributed by atoms with Crippen molar-refractivity contribution in [1.82, 2.24) is 19.7 Å². The minimum absolute atomic E-state index is 0.0435.